The van der Waals surface area contributed by atoms with Gasteiger partial charge in [0.15, 0.2) is 9.84 Å². The summed E-state index contributed by atoms with van der Waals surface area (Å²) in [4.78, 5) is 0. The zero-order chi connectivity index (χ0) is 14.4. The van der Waals surface area contributed by atoms with Crippen molar-refractivity contribution in [2.24, 2.45) is 0 Å². The second-order valence-corrected chi connectivity index (χ2v) is 9.86. The standard InChI is InChI=1S/C11H22N2O4S2/c1-9(2)12(3)19(16,17)13(10-4-5-10)11-6-7-18(14,15)8-11/h9-11H,4-8H2,1-3H3. The van der Waals surface area contributed by atoms with Gasteiger partial charge in [-0.2, -0.15) is 17.0 Å². The zero-order valence-electron chi connectivity index (χ0n) is 11.6. The molecule has 0 amide bonds. The van der Waals surface area contributed by atoms with Crippen molar-refractivity contribution in [2.45, 2.75) is 51.2 Å². The minimum Gasteiger partial charge on any atom is -0.229 e. The zero-order valence-corrected chi connectivity index (χ0v) is 13.2. The molecule has 0 radical (unpaired) electrons. The van der Waals surface area contributed by atoms with Crippen molar-refractivity contribution < 1.29 is 16.8 Å². The monoisotopic (exact) mass is 310 g/mol. The summed E-state index contributed by atoms with van der Waals surface area (Å²) in [6.07, 6.45) is 2.09. The molecule has 19 heavy (non-hydrogen) atoms. The highest BCUT2D eigenvalue weighted by atomic mass is 32.2. The van der Waals surface area contributed by atoms with Crippen LogP contribution in [-0.4, -0.2) is 62.1 Å². The summed E-state index contributed by atoms with van der Waals surface area (Å²) in [6, 6.07) is -0.530. The van der Waals surface area contributed by atoms with E-state index in [1.54, 1.807) is 7.05 Å². The summed E-state index contributed by atoms with van der Waals surface area (Å²) in [7, 11) is -5.09. The average molecular weight is 310 g/mol. The highest BCUT2D eigenvalue weighted by Crippen LogP contribution is 2.35. The van der Waals surface area contributed by atoms with E-state index < -0.39 is 20.0 Å². The lowest BCUT2D eigenvalue weighted by molar-refractivity contribution is 0.288. The van der Waals surface area contributed by atoms with Gasteiger partial charge in [0.05, 0.1) is 11.5 Å². The Morgan fingerprint density at radius 2 is 1.68 bits per heavy atom. The molecule has 1 aliphatic carbocycles. The van der Waals surface area contributed by atoms with Crippen molar-refractivity contribution in [3.63, 3.8) is 0 Å². The van der Waals surface area contributed by atoms with Crippen LogP contribution in [0.25, 0.3) is 0 Å². The molecule has 1 saturated heterocycles. The van der Waals surface area contributed by atoms with Crippen molar-refractivity contribution in [1.82, 2.24) is 8.61 Å². The quantitative estimate of drug-likeness (QED) is 0.728. The Bertz CT molecular complexity index is 537. The summed E-state index contributed by atoms with van der Waals surface area (Å²) in [5.74, 6) is 0.0659. The molecule has 0 aromatic heterocycles. The van der Waals surface area contributed by atoms with Gasteiger partial charge in [0, 0.05) is 25.2 Å². The van der Waals surface area contributed by atoms with Gasteiger partial charge >= 0.3 is 0 Å². The topological polar surface area (TPSA) is 74.8 Å². The summed E-state index contributed by atoms with van der Waals surface area (Å²) in [5.41, 5.74) is 0. The molecule has 6 nitrogen and oxygen atoms in total. The highest BCUT2D eigenvalue weighted by Gasteiger charge is 2.47. The van der Waals surface area contributed by atoms with Gasteiger partial charge in [0.25, 0.3) is 10.2 Å². The van der Waals surface area contributed by atoms with E-state index in [0.717, 1.165) is 12.8 Å². The lowest BCUT2D eigenvalue weighted by atomic mass is 10.2. The Morgan fingerprint density at radius 1 is 1.11 bits per heavy atom. The molecule has 0 spiro atoms. The van der Waals surface area contributed by atoms with Crippen LogP contribution in [0.1, 0.15) is 33.1 Å². The van der Waals surface area contributed by atoms with Crippen LogP contribution < -0.4 is 0 Å². The average Bonchev–Trinajstić information content (AvgIpc) is 3.02. The van der Waals surface area contributed by atoms with Crippen molar-refractivity contribution in [1.29, 1.82) is 0 Å². The van der Waals surface area contributed by atoms with Gasteiger partial charge in [-0.1, -0.05) is 0 Å². The molecular weight excluding hydrogens is 288 g/mol. The lowest BCUT2D eigenvalue weighted by Gasteiger charge is -2.33. The van der Waals surface area contributed by atoms with E-state index in [1.807, 2.05) is 13.8 Å². The molecule has 8 heteroatoms. The summed E-state index contributed by atoms with van der Waals surface area (Å²) in [6.45, 7) is 3.63. The van der Waals surface area contributed by atoms with Crippen LogP contribution in [0.2, 0.25) is 0 Å². The third-order valence-corrected chi connectivity index (χ3v) is 7.86. The third-order valence-electron chi connectivity index (χ3n) is 3.83. The van der Waals surface area contributed by atoms with Crippen LogP contribution in [0.5, 0.6) is 0 Å². The fourth-order valence-corrected chi connectivity index (χ4v) is 6.18. The molecule has 0 N–H and O–H groups in total. The lowest BCUT2D eigenvalue weighted by Crippen LogP contribution is -2.50. The van der Waals surface area contributed by atoms with E-state index in [-0.39, 0.29) is 29.6 Å². The van der Waals surface area contributed by atoms with Crippen LogP contribution in [0.15, 0.2) is 0 Å². The first kappa shape index (κ1) is 15.2. The Balaban J connectivity index is 2.27. The number of nitrogens with zero attached hydrogens (tertiary/aromatic N) is 2. The molecule has 0 aromatic carbocycles. The molecule has 1 aliphatic heterocycles. The predicted octanol–water partition coefficient (Wildman–Crippen LogP) is 0.223. The first-order valence-electron chi connectivity index (χ1n) is 6.62. The first-order chi connectivity index (χ1) is 8.65. The molecule has 1 unspecified atom stereocenters. The maximum absolute atomic E-state index is 12.6. The SMILES string of the molecule is CC(C)N(C)S(=O)(=O)N(C1CC1)C1CCS(=O)(=O)C1. The molecule has 1 heterocycles. The normalized spacial score (nSPS) is 27.6. The first-order valence-corrected chi connectivity index (χ1v) is 9.84. The fourth-order valence-electron chi connectivity index (χ4n) is 2.40. The Morgan fingerprint density at radius 3 is 2.05 bits per heavy atom. The van der Waals surface area contributed by atoms with Crippen molar-refractivity contribution in [2.75, 3.05) is 18.6 Å². The van der Waals surface area contributed by atoms with Gasteiger partial charge < -0.3 is 0 Å². The summed E-state index contributed by atoms with van der Waals surface area (Å²) >= 11 is 0. The van der Waals surface area contributed by atoms with Crippen LogP contribution in [0.4, 0.5) is 0 Å². The van der Waals surface area contributed by atoms with E-state index in [0.29, 0.717) is 6.42 Å². The van der Waals surface area contributed by atoms with Gasteiger partial charge in [-0.05, 0) is 33.1 Å². The highest BCUT2D eigenvalue weighted by molar-refractivity contribution is 7.91. The number of hydrogen-bond acceptors (Lipinski definition) is 4. The van der Waals surface area contributed by atoms with Crippen LogP contribution in [0.3, 0.4) is 0 Å². The summed E-state index contributed by atoms with van der Waals surface area (Å²) in [5, 5.41) is 0. The minimum absolute atomic E-state index is 0.00972. The molecule has 2 rings (SSSR count). The molecule has 2 fully saturated rings. The van der Waals surface area contributed by atoms with Gasteiger partial charge in [-0.25, -0.2) is 8.42 Å². The second kappa shape index (κ2) is 4.98. The fraction of sp³-hybridized carbons (Fsp3) is 1.00. The van der Waals surface area contributed by atoms with Gasteiger partial charge in [-0.3, -0.25) is 0 Å². The molecule has 0 aromatic rings. The van der Waals surface area contributed by atoms with E-state index in [1.165, 1.54) is 8.61 Å². The summed E-state index contributed by atoms with van der Waals surface area (Å²) < 4.78 is 51.2. The Labute approximate surface area is 115 Å². The largest absolute Gasteiger partial charge is 0.282 e. The molecule has 112 valence electrons. The Hall–Kier alpha value is -0.180. The van der Waals surface area contributed by atoms with E-state index in [9.17, 15) is 16.8 Å². The van der Waals surface area contributed by atoms with Crippen LogP contribution in [-0.2, 0) is 20.0 Å². The van der Waals surface area contributed by atoms with E-state index >= 15 is 0 Å². The van der Waals surface area contributed by atoms with Crippen molar-refractivity contribution >= 4 is 20.0 Å². The predicted molar refractivity (Wildman–Crippen MR) is 73.7 cm³/mol. The van der Waals surface area contributed by atoms with Gasteiger partial charge in [0.1, 0.15) is 0 Å². The molecule has 1 atom stereocenters. The molecular formula is C11H22N2O4S2. The molecule has 2 aliphatic rings. The van der Waals surface area contributed by atoms with Crippen LogP contribution in [0, 0.1) is 0 Å². The number of rotatable bonds is 5. The van der Waals surface area contributed by atoms with Crippen molar-refractivity contribution in [3.8, 4) is 0 Å². The van der Waals surface area contributed by atoms with Gasteiger partial charge in [0.2, 0.25) is 0 Å². The Kier molecular flexibility index (Phi) is 3.99. The van der Waals surface area contributed by atoms with Gasteiger partial charge in [-0.15, -0.1) is 0 Å². The third kappa shape index (κ3) is 3.12. The number of sulfone groups is 1. The van der Waals surface area contributed by atoms with E-state index in [2.05, 4.69) is 0 Å². The second-order valence-electron chi connectivity index (χ2n) is 5.74. The maximum Gasteiger partial charge on any atom is 0.282 e. The smallest absolute Gasteiger partial charge is 0.229 e. The molecule has 0 bridgehead atoms. The van der Waals surface area contributed by atoms with Crippen LogP contribution >= 0.6 is 0 Å². The molecule has 1 saturated carbocycles. The minimum atomic E-state index is -3.57. The van der Waals surface area contributed by atoms with E-state index in [4.69, 9.17) is 0 Å². The number of hydrogen-bond donors (Lipinski definition) is 0. The van der Waals surface area contributed by atoms with Crippen molar-refractivity contribution in [3.05, 3.63) is 0 Å². The maximum atomic E-state index is 12.6.